The van der Waals surface area contributed by atoms with Gasteiger partial charge < -0.3 is 10.1 Å². The van der Waals surface area contributed by atoms with E-state index in [0.717, 1.165) is 6.42 Å². The highest BCUT2D eigenvalue weighted by Gasteiger charge is 2.37. The second kappa shape index (κ2) is 7.23. The van der Waals surface area contributed by atoms with Crippen LogP contribution in [0.1, 0.15) is 43.0 Å². The lowest BCUT2D eigenvalue weighted by Crippen LogP contribution is -2.15. The van der Waals surface area contributed by atoms with Crippen LogP contribution in [0.5, 0.6) is 0 Å². The minimum absolute atomic E-state index is 0.00589. The SMILES string of the molecule is COC(=O)/C=C/c1ccc(NC2CC(C)(C)c3ccccc32)c([N+](=O)[O-])c1. The van der Waals surface area contributed by atoms with Gasteiger partial charge in [0, 0.05) is 12.1 Å². The Morgan fingerprint density at radius 1 is 1.30 bits per heavy atom. The summed E-state index contributed by atoms with van der Waals surface area (Å²) in [7, 11) is 1.28. The monoisotopic (exact) mass is 366 g/mol. The molecule has 1 unspecified atom stereocenters. The van der Waals surface area contributed by atoms with Gasteiger partial charge >= 0.3 is 5.97 Å². The Morgan fingerprint density at radius 3 is 2.74 bits per heavy atom. The normalized spacial score (nSPS) is 17.5. The number of fused-ring (bicyclic) bond motifs is 1. The minimum Gasteiger partial charge on any atom is -0.466 e. The zero-order valence-corrected chi connectivity index (χ0v) is 15.6. The smallest absolute Gasteiger partial charge is 0.330 e. The fourth-order valence-electron chi connectivity index (χ4n) is 3.62. The summed E-state index contributed by atoms with van der Waals surface area (Å²) in [5, 5.41) is 14.9. The predicted octanol–water partition coefficient (Wildman–Crippen LogP) is 4.62. The summed E-state index contributed by atoms with van der Waals surface area (Å²) in [6, 6.07) is 13.1. The van der Waals surface area contributed by atoms with E-state index in [2.05, 4.69) is 36.0 Å². The molecule has 1 aliphatic rings. The van der Waals surface area contributed by atoms with E-state index in [1.165, 1.54) is 36.5 Å². The Kier molecular flexibility index (Phi) is 4.99. The van der Waals surface area contributed by atoms with Crippen molar-refractivity contribution in [2.75, 3.05) is 12.4 Å². The molecule has 140 valence electrons. The molecule has 0 heterocycles. The highest BCUT2D eigenvalue weighted by atomic mass is 16.6. The first-order valence-corrected chi connectivity index (χ1v) is 8.72. The molecular formula is C21H22N2O4. The molecule has 6 heteroatoms. The summed E-state index contributed by atoms with van der Waals surface area (Å²) in [6.45, 7) is 4.37. The van der Waals surface area contributed by atoms with E-state index in [1.54, 1.807) is 12.1 Å². The van der Waals surface area contributed by atoms with Gasteiger partial charge in [-0.25, -0.2) is 4.79 Å². The number of nitrogens with one attached hydrogen (secondary N) is 1. The maximum Gasteiger partial charge on any atom is 0.330 e. The van der Waals surface area contributed by atoms with E-state index in [-0.39, 0.29) is 17.1 Å². The average molecular weight is 366 g/mol. The number of nitro benzene ring substituents is 1. The highest BCUT2D eigenvalue weighted by Crippen LogP contribution is 2.46. The number of hydrogen-bond donors (Lipinski definition) is 1. The zero-order chi connectivity index (χ0) is 19.6. The van der Waals surface area contributed by atoms with Crippen molar-refractivity contribution in [3.63, 3.8) is 0 Å². The molecular weight excluding hydrogens is 344 g/mol. The van der Waals surface area contributed by atoms with E-state index >= 15 is 0 Å². The summed E-state index contributed by atoms with van der Waals surface area (Å²) in [5.41, 5.74) is 3.45. The first-order valence-electron chi connectivity index (χ1n) is 8.72. The number of anilines is 1. The lowest BCUT2D eigenvalue weighted by molar-refractivity contribution is -0.384. The lowest BCUT2D eigenvalue weighted by Gasteiger charge is -2.20. The quantitative estimate of drug-likeness (QED) is 0.361. The molecule has 6 nitrogen and oxygen atoms in total. The summed E-state index contributed by atoms with van der Waals surface area (Å²) < 4.78 is 4.54. The largest absolute Gasteiger partial charge is 0.466 e. The van der Waals surface area contributed by atoms with E-state index in [0.29, 0.717) is 11.3 Å². The van der Waals surface area contributed by atoms with Crippen LogP contribution in [0.4, 0.5) is 11.4 Å². The van der Waals surface area contributed by atoms with Crippen LogP contribution < -0.4 is 5.32 Å². The average Bonchev–Trinajstić information content (AvgIpc) is 2.91. The summed E-state index contributed by atoms with van der Waals surface area (Å²) >= 11 is 0. The van der Waals surface area contributed by atoms with Gasteiger partial charge in [-0.15, -0.1) is 0 Å². The van der Waals surface area contributed by atoms with Crippen LogP contribution >= 0.6 is 0 Å². The standard InChI is InChI=1S/C21H22N2O4/c1-21(2)13-18(15-6-4-5-7-16(15)21)22-17-10-8-14(9-11-20(24)27-3)12-19(17)23(25)26/h4-12,18,22H,13H2,1-3H3/b11-9+. The van der Waals surface area contributed by atoms with Crippen LogP contribution in [-0.2, 0) is 14.9 Å². The van der Waals surface area contributed by atoms with E-state index in [4.69, 9.17) is 0 Å². The molecule has 0 amide bonds. The van der Waals surface area contributed by atoms with Gasteiger partial charge in [0.05, 0.1) is 18.1 Å². The van der Waals surface area contributed by atoms with Gasteiger partial charge in [-0.2, -0.15) is 0 Å². The number of methoxy groups -OCH3 is 1. The van der Waals surface area contributed by atoms with Crippen molar-refractivity contribution >= 4 is 23.4 Å². The molecule has 0 aliphatic heterocycles. The van der Waals surface area contributed by atoms with Crippen molar-refractivity contribution in [2.24, 2.45) is 0 Å². The van der Waals surface area contributed by atoms with Crippen LogP contribution in [-0.4, -0.2) is 18.0 Å². The van der Waals surface area contributed by atoms with Crippen molar-refractivity contribution in [1.29, 1.82) is 0 Å². The number of hydrogen-bond acceptors (Lipinski definition) is 5. The molecule has 2 aromatic carbocycles. The molecule has 27 heavy (non-hydrogen) atoms. The highest BCUT2D eigenvalue weighted by molar-refractivity contribution is 5.87. The molecule has 0 bridgehead atoms. The van der Waals surface area contributed by atoms with Crippen LogP contribution in [0, 0.1) is 10.1 Å². The Balaban J connectivity index is 1.91. The number of rotatable bonds is 5. The molecule has 0 spiro atoms. The maximum atomic E-state index is 11.6. The summed E-state index contributed by atoms with van der Waals surface area (Å²) in [6.07, 6.45) is 3.59. The first kappa shape index (κ1) is 18.6. The van der Waals surface area contributed by atoms with Gasteiger partial charge in [-0.05, 0) is 40.7 Å². The number of ether oxygens (including phenoxy) is 1. The number of benzene rings is 2. The minimum atomic E-state index is -0.510. The van der Waals surface area contributed by atoms with Crippen molar-refractivity contribution < 1.29 is 14.5 Å². The molecule has 0 radical (unpaired) electrons. The Labute approximate surface area is 158 Å². The Hall–Kier alpha value is -3.15. The third-order valence-corrected chi connectivity index (χ3v) is 4.94. The number of nitrogens with zero attached hydrogens (tertiary/aromatic N) is 1. The van der Waals surface area contributed by atoms with Crippen LogP contribution in [0.2, 0.25) is 0 Å². The molecule has 1 N–H and O–H groups in total. The van der Waals surface area contributed by atoms with Gasteiger partial charge in [-0.3, -0.25) is 10.1 Å². The third kappa shape index (κ3) is 3.84. The van der Waals surface area contributed by atoms with Gasteiger partial charge in [0.1, 0.15) is 5.69 Å². The number of esters is 1. The van der Waals surface area contributed by atoms with Gasteiger partial charge in [0.15, 0.2) is 0 Å². The molecule has 0 fully saturated rings. The molecule has 1 aliphatic carbocycles. The van der Waals surface area contributed by atoms with Crippen molar-refractivity contribution in [3.8, 4) is 0 Å². The van der Waals surface area contributed by atoms with Crippen LogP contribution in [0.25, 0.3) is 6.08 Å². The van der Waals surface area contributed by atoms with Crippen LogP contribution in [0.15, 0.2) is 48.5 Å². The predicted molar refractivity (Wildman–Crippen MR) is 105 cm³/mol. The Morgan fingerprint density at radius 2 is 2.04 bits per heavy atom. The van der Waals surface area contributed by atoms with E-state index in [1.807, 2.05) is 12.1 Å². The number of carbonyl (C=O) groups is 1. The fraction of sp³-hybridized carbons (Fsp3) is 0.286. The molecule has 1 atom stereocenters. The third-order valence-electron chi connectivity index (χ3n) is 4.94. The number of nitro groups is 1. The van der Waals surface area contributed by atoms with Crippen LogP contribution in [0.3, 0.4) is 0 Å². The summed E-state index contributed by atoms with van der Waals surface area (Å²) in [5.74, 6) is -0.510. The van der Waals surface area contributed by atoms with Crippen molar-refractivity contribution in [3.05, 3.63) is 75.3 Å². The van der Waals surface area contributed by atoms with Gasteiger partial charge in [0.2, 0.25) is 0 Å². The Bertz CT molecular complexity index is 918. The van der Waals surface area contributed by atoms with Crippen molar-refractivity contribution in [2.45, 2.75) is 31.7 Å². The number of carbonyl (C=O) groups excluding carboxylic acids is 1. The second-order valence-corrected chi connectivity index (χ2v) is 7.26. The molecule has 0 saturated carbocycles. The maximum absolute atomic E-state index is 11.6. The molecule has 0 saturated heterocycles. The molecule has 2 aromatic rings. The topological polar surface area (TPSA) is 81.5 Å². The second-order valence-electron chi connectivity index (χ2n) is 7.26. The van der Waals surface area contributed by atoms with Crippen molar-refractivity contribution in [1.82, 2.24) is 0 Å². The fourth-order valence-corrected chi connectivity index (χ4v) is 3.62. The van der Waals surface area contributed by atoms with Gasteiger partial charge in [0.25, 0.3) is 5.69 Å². The van der Waals surface area contributed by atoms with E-state index in [9.17, 15) is 14.9 Å². The van der Waals surface area contributed by atoms with E-state index < -0.39 is 10.9 Å². The summed E-state index contributed by atoms with van der Waals surface area (Å²) in [4.78, 5) is 22.4. The lowest BCUT2D eigenvalue weighted by atomic mass is 9.86. The molecule has 0 aromatic heterocycles. The first-order chi connectivity index (χ1) is 12.8. The molecule has 3 rings (SSSR count). The van der Waals surface area contributed by atoms with Gasteiger partial charge in [-0.1, -0.05) is 44.2 Å². The zero-order valence-electron chi connectivity index (χ0n) is 15.6.